The van der Waals surface area contributed by atoms with Gasteiger partial charge in [-0.1, -0.05) is 0 Å². The molecule has 0 bridgehead atoms. The minimum Gasteiger partial charge on any atom is -0.469 e. The van der Waals surface area contributed by atoms with E-state index in [0.29, 0.717) is 6.54 Å². The Morgan fingerprint density at radius 1 is 1.58 bits per heavy atom. The fourth-order valence-corrected chi connectivity index (χ4v) is 1.37. The maximum atomic E-state index is 12.2. The van der Waals surface area contributed by atoms with Crippen molar-refractivity contribution in [2.45, 2.75) is 6.43 Å². The van der Waals surface area contributed by atoms with Gasteiger partial charge >= 0.3 is 5.97 Å². The van der Waals surface area contributed by atoms with Crippen LogP contribution >= 0.6 is 0 Å². The summed E-state index contributed by atoms with van der Waals surface area (Å²) in [7, 11) is 1.21. The van der Waals surface area contributed by atoms with E-state index in [0.717, 1.165) is 0 Å². The first kappa shape index (κ1) is 9.38. The van der Waals surface area contributed by atoms with Crippen molar-refractivity contribution < 1.29 is 18.3 Å². The Labute approximate surface area is 69.1 Å². The number of alkyl halides is 2. The lowest BCUT2D eigenvalue weighted by Crippen LogP contribution is -2.28. The second kappa shape index (κ2) is 3.80. The number of carbonyl (C=O) groups excluding carboxylic acids is 1. The minimum absolute atomic E-state index is 0.192. The summed E-state index contributed by atoms with van der Waals surface area (Å²) in [5.74, 6) is -2.13. The van der Waals surface area contributed by atoms with Crippen molar-refractivity contribution in [1.82, 2.24) is 5.32 Å². The first-order valence-electron chi connectivity index (χ1n) is 3.73. The Morgan fingerprint density at radius 2 is 2.25 bits per heavy atom. The fraction of sp³-hybridized carbons (Fsp3) is 0.857. The molecule has 0 aliphatic carbocycles. The average molecular weight is 179 g/mol. The van der Waals surface area contributed by atoms with Crippen molar-refractivity contribution in [3.8, 4) is 0 Å². The number of hydrogen-bond acceptors (Lipinski definition) is 3. The van der Waals surface area contributed by atoms with Crippen LogP contribution in [0.4, 0.5) is 8.78 Å². The lowest BCUT2D eigenvalue weighted by Gasteiger charge is -2.14. The van der Waals surface area contributed by atoms with Gasteiger partial charge in [0, 0.05) is 19.0 Å². The molecule has 0 aromatic rings. The number of hydrogen-bond donors (Lipinski definition) is 1. The van der Waals surface area contributed by atoms with Crippen molar-refractivity contribution in [3.05, 3.63) is 0 Å². The van der Waals surface area contributed by atoms with E-state index in [9.17, 15) is 13.6 Å². The molecule has 0 aromatic heterocycles. The van der Waals surface area contributed by atoms with Gasteiger partial charge in [-0.25, -0.2) is 8.78 Å². The highest BCUT2D eigenvalue weighted by Crippen LogP contribution is 2.24. The molecule has 0 amide bonds. The molecule has 5 heteroatoms. The van der Waals surface area contributed by atoms with Crippen LogP contribution in [0.3, 0.4) is 0 Å². The van der Waals surface area contributed by atoms with Gasteiger partial charge in [-0.15, -0.1) is 0 Å². The Bertz CT molecular complexity index is 175. The normalized spacial score (nSPS) is 29.3. The average Bonchev–Trinajstić information content (AvgIpc) is 2.50. The Balaban J connectivity index is 2.57. The molecule has 0 unspecified atom stereocenters. The van der Waals surface area contributed by atoms with Gasteiger partial charge in [0.15, 0.2) is 0 Å². The Kier molecular flexibility index (Phi) is 2.97. The summed E-state index contributed by atoms with van der Waals surface area (Å²) in [6, 6.07) is 0. The molecule has 0 radical (unpaired) electrons. The lowest BCUT2D eigenvalue weighted by molar-refractivity contribution is -0.148. The molecule has 0 aromatic carbocycles. The van der Waals surface area contributed by atoms with Gasteiger partial charge in [-0.3, -0.25) is 4.79 Å². The van der Waals surface area contributed by atoms with Crippen molar-refractivity contribution in [2.75, 3.05) is 20.2 Å². The van der Waals surface area contributed by atoms with E-state index in [-0.39, 0.29) is 6.54 Å². The maximum absolute atomic E-state index is 12.2. The highest BCUT2D eigenvalue weighted by molar-refractivity contribution is 5.73. The third-order valence-corrected chi connectivity index (χ3v) is 2.09. The van der Waals surface area contributed by atoms with Crippen molar-refractivity contribution in [1.29, 1.82) is 0 Å². The number of carbonyl (C=O) groups is 1. The van der Waals surface area contributed by atoms with E-state index in [4.69, 9.17) is 0 Å². The summed E-state index contributed by atoms with van der Waals surface area (Å²) >= 11 is 0. The monoisotopic (exact) mass is 179 g/mol. The summed E-state index contributed by atoms with van der Waals surface area (Å²) in [6.45, 7) is 0.485. The quantitative estimate of drug-likeness (QED) is 0.618. The minimum atomic E-state index is -2.45. The molecular formula is C7H11F2NO2. The molecule has 1 aliphatic heterocycles. The summed E-state index contributed by atoms with van der Waals surface area (Å²) in [5, 5.41) is 2.74. The highest BCUT2D eigenvalue weighted by Gasteiger charge is 2.39. The number of methoxy groups -OCH3 is 1. The van der Waals surface area contributed by atoms with Gasteiger partial charge in [0.25, 0.3) is 0 Å². The second-order valence-corrected chi connectivity index (χ2v) is 2.79. The van der Waals surface area contributed by atoms with Gasteiger partial charge in [-0.2, -0.15) is 0 Å². The SMILES string of the molecule is COC(=O)[C@H]1CNC[C@H]1C(F)F. The van der Waals surface area contributed by atoms with E-state index >= 15 is 0 Å². The van der Waals surface area contributed by atoms with Crippen LogP contribution in [0.5, 0.6) is 0 Å². The number of halogens is 2. The van der Waals surface area contributed by atoms with Crippen molar-refractivity contribution in [2.24, 2.45) is 11.8 Å². The largest absolute Gasteiger partial charge is 0.469 e. The second-order valence-electron chi connectivity index (χ2n) is 2.79. The molecular weight excluding hydrogens is 168 g/mol. The zero-order chi connectivity index (χ0) is 9.14. The van der Waals surface area contributed by atoms with Crippen LogP contribution in [0, 0.1) is 11.8 Å². The molecule has 12 heavy (non-hydrogen) atoms. The topological polar surface area (TPSA) is 38.3 Å². The third-order valence-electron chi connectivity index (χ3n) is 2.09. The van der Waals surface area contributed by atoms with Crippen LogP contribution in [0.15, 0.2) is 0 Å². The molecule has 70 valence electrons. The number of nitrogens with one attached hydrogen (secondary N) is 1. The van der Waals surface area contributed by atoms with E-state index in [1.807, 2.05) is 0 Å². The standard InChI is InChI=1S/C7H11F2NO2/c1-12-7(11)5-3-10-2-4(5)6(8)9/h4-6,10H,2-3H2,1H3/t4-,5+/m1/s1. The summed E-state index contributed by atoms with van der Waals surface area (Å²) in [6.07, 6.45) is -2.45. The first-order chi connectivity index (χ1) is 5.66. The van der Waals surface area contributed by atoms with Crippen molar-refractivity contribution in [3.63, 3.8) is 0 Å². The predicted molar refractivity (Wildman–Crippen MR) is 37.9 cm³/mol. The molecule has 0 spiro atoms. The highest BCUT2D eigenvalue weighted by atomic mass is 19.3. The summed E-state index contributed by atoms with van der Waals surface area (Å²) in [4.78, 5) is 10.9. The Morgan fingerprint density at radius 3 is 2.75 bits per heavy atom. The van der Waals surface area contributed by atoms with Gasteiger partial charge in [0.2, 0.25) is 6.43 Å². The van der Waals surface area contributed by atoms with E-state index in [2.05, 4.69) is 10.1 Å². The van der Waals surface area contributed by atoms with Gasteiger partial charge < -0.3 is 10.1 Å². The number of esters is 1. The maximum Gasteiger partial charge on any atom is 0.310 e. The van der Waals surface area contributed by atoms with Crippen LogP contribution in [-0.4, -0.2) is 32.6 Å². The zero-order valence-electron chi connectivity index (χ0n) is 6.72. The number of rotatable bonds is 2. The van der Waals surface area contributed by atoms with Crippen LogP contribution in [0.25, 0.3) is 0 Å². The molecule has 0 saturated carbocycles. The smallest absolute Gasteiger partial charge is 0.310 e. The zero-order valence-corrected chi connectivity index (χ0v) is 6.72. The van der Waals surface area contributed by atoms with Crippen molar-refractivity contribution >= 4 is 5.97 Å². The van der Waals surface area contributed by atoms with Crippen LogP contribution in [0.2, 0.25) is 0 Å². The molecule has 1 N–H and O–H groups in total. The number of ether oxygens (including phenoxy) is 1. The molecule has 2 atom stereocenters. The molecule has 1 fully saturated rings. The van der Waals surface area contributed by atoms with Crippen LogP contribution in [0.1, 0.15) is 0 Å². The van der Waals surface area contributed by atoms with Gasteiger partial charge in [0.05, 0.1) is 13.0 Å². The summed E-state index contributed by atoms with van der Waals surface area (Å²) < 4.78 is 28.9. The molecule has 1 rings (SSSR count). The molecule has 1 heterocycles. The van der Waals surface area contributed by atoms with E-state index < -0.39 is 24.2 Å². The molecule has 1 aliphatic rings. The predicted octanol–water partition coefficient (Wildman–Crippen LogP) is 0.260. The lowest BCUT2D eigenvalue weighted by atomic mass is 9.97. The molecule has 1 saturated heterocycles. The van der Waals surface area contributed by atoms with Gasteiger partial charge in [-0.05, 0) is 0 Å². The van der Waals surface area contributed by atoms with E-state index in [1.54, 1.807) is 0 Å². The third kappa shape index (κ3) is 1.72. The van der Waals surface area contributed by atoms with Crippen LogP contribution in [-0.2, 0) is 9.53 Å². The fourth-order valence-electron chi connectivity index (χ4n) is 1.37. The Hall–Kier alpha value is -0.710. The van der Waals surface area contributed by atoms with Crippen LogP contribution < -0.4 is 5.32 Å². The molecule has 3 nitrogen and oxygen atoms in total. The van der Waals surface area contributed by atoms with Gasteiger partial charge in [0.1, 0.15) is 0 Å². The summed E-state index contributed by atoms with van der Waals surface area (Å²) in [5.41, 5.74) is 0. The van der Waals surface area contributed by atoms with E-state index in [1.165, 1.54) is 7.11 Å². The first-order valence-corrected chi connectivity index (χ1v) is 3.73.